The van der Waals surface area contributed by atoms with Gasteiger partial charge >= 0.3 is 18.0 Å². The van der Waals surface area contributed by atoms with Gasteiger partial charge in [0.1, 0.15) is 5.60 Å². The van der Waals surface area contributed by atoms with Gasteiger partial charge < -0.3 is 25.2 Å². The summed E-state index contributed by atoms with van der Waals surface area (Å²) in [6.45, 7) is 6.62. The van der Waals surface area contributed by atoms with Crippen molar-refractivity contribution in [2.45, 2.75) is 77.9 Å². The lowest BCUT2D eigenvalue weighted by Crippen LogP contribution is -2.41. The maximum Gasteiger partial charge on any atom is 0.407 e. The molecule has 2 aliphatic heterocycles. The molecule has 2 unspecified atom stereocenters. The fourth-order valence-corrected chi connectivity index (χ4v) is 4.84. The van der Waals surface area contributed by atoms with Crippen LogP contribution in [0.4, 0.5) is 10.5 Å². The highest BCUT2D eigenvalue weighted by Crippen LogP contribution is 2.28. The Morgan fingerprint density at radius 3 is 1.92 bits per heavy atom. The molecule has 2 atom stereocenters. The molecule has 1 aromatic carbocycles. The SMILES string of the molecule is CC(CC(Cc1ccc(OC(=O)CCCN2C(=O)C=CC2=O)c(NC(=O)CCCN2C(=O)C=CC2=O)c1)NC(=O)OC(C)(C)C)C(=O)O. The number of alkyl carbamates (subject to hydrolysis) is 1. The smallest absolute Gasteiger partial charge is 0.407 e. The molecule has 2 heterocycles. The van der Waals surface area contributed by atoms with E-state index in [0.29, 0.717) is 5.56 Å². The highest BCUT2D eigenvalue weighted by molar-refractivity contribution is 6.13. The number of benzene rings is 1. The molecule has 15 nitrogen and oxygen atoms in total. The summed E-state index contributed by atoms with van der Waals surface area (Å²) in [4.78, 5) is 99.0. The minimum absolute atomic E-state index is 0.00301. The van der Waals surface area contributed by atoms with Crippen molar-refractivity contribution in [1.82, 2.24) is 15.1 Å². The molecule has 0 saturated carbocycles. The number of amides is 6. The fraction of sp³-hybridized carbons (Fsp3) is 0.455. The molecular weight excluding hydrogens is 628 g/mol. The Morgan fingerprint density at radius 2 is 1.40 bits per heavy atom. The molecule has 0 aliphatic carbocycles. The average Bonchev–Trinajstić information content (AvgIpc) is 3.47. The van der Waals surface area contributed by atoms with Gasteiger partial charge in [-0.2, -0.15) is 0 Å². The molecular formula is C33H40N4O11. The second-order valence-electron chi connectivity index (χ2n) is 12.4. The van der Waals surface area contributed by atoms with E-state index in [2.05, 4.69) is 10.6 Å². The Labute approximate surface area is 277 Å². The average molecular weight is 669 g/mol. The predicted octanol–water partition coefficient (Wildman–Crippen LogP) is 2.49. The van der Waals surface area contributed by atoms with E-state index in [9.17, 15) is 43.5 Å². The molecule has 6 amide bonds. The van der Waals surface area contributed by atoms with Crippen molar-refractivity contribution in [3.05, 3.63) is 48.1 Å². The number of hydrogen-bond acceptors (Lipinski definition) is 10. The number of carbonyl (C=O) groups excluding carboxylic acids is 7. The maximum absolute atomic E-state index is 12.9. The largest absolute Gasteiger partial charge is 0.481 e. The number of nitrogens with zero attached hydrogens (tertiary/aromatic N) is 2. The lowest BCUT2D eigenvalue weighted by atomic mass is 9.96. The third-order valence-electron chi connectivity index (χ3n) is 7.15. The van der Waals surface area contributed by atoms with E-state index in [1.165, 1.54) is 19.1 Å². The van der Waals surface area contributed by atoms with E-state index in [1.54, 1.807) is 26.8 Å². The highest BCUT2D eigenvalue weighted by atomic mass is 16.6. The molecule has 3 rings (SSSR count). The Balaban J connectivity index is 1.75. The van der Waals surface area contributed by atoms with Crippen LogP contribution in [0.15, 0.2) is 42.5 Å². The number of aliphatic carboxylic acids is 1. The van der Waals surface area contributed by atoms with Gasteiger partial charge in [0, 0.05) is 56.3 Å². The first-order valence-corrected chi connectivity index (χ1v) is 15.4. The van der Waals surface area contributed by atoms with Gasteiger partial charge in [0.05, 0.1) is 11.6 Å². The van der Waals surface area contributed by atoms with E-state index in [-0.39, 0.29) is 63.1 Å². The summed E-state index contributed by atoms with van der Waals surface area (Å²) in [5.41, 5.74) is -0.128. The van der Waals surface area contributed by atoms with Gasteiger partial charge in [-0.05, 0) is 64.2 Å². The van der Waals surface area contributed by atoms with Crippen molar-refractivity contribution in [2.75, 3.05) is 18.4 Å². The van der Waals surface area contributed by atoms with Crippen LogP contribution in [-0.2, 0) is 44.7 Å². The van der Waals surface area contributed by atoms with Crippen LogP contribution in [0.3, 0.4) is 0 Å². The molecule has 0 aromatic heterocycles. The molecule has 2 aliphatic rings. The minimum atomic E-state index is -1.05. The van der Waals surface area contributed by atoms with Gasteiger partial charge in [0.2, 0.25) is 5.91 Å². The fourth-order valence-electron chi connectivity index (χ4n) is 4.84. The van der Waals surface area contributed by atoms with E-state index in [1.807, 2.05) is 0 Å². The van der Waals surface area contributed by atoms with Crippen molar-refractivity contribution >= 4 is 53.3 Å². The van der Waals surface area contributed by atoms with Crippen LogP contribution >= 0.6 is 0 Å². The number of hydrogen-bond donors (Lipinski definition) is 3. The number of nitrogens with one attached hydrogen (secondary N) is 2. The summed E-state index contributed by atoms with van der Waals surface area (Å²) in [5, 5.41) is 14.9. The molecule has 258 valence electrons. The maximum atomic E-state index is 12.9. The third kappa shape index (κ3) is 11.5. The van der Waals surface area contributed by atoms with Crippen LogP contribution in [0.5, 0.6) is 5.75 Å². The number of ether oxygens (including phenoxy) is 2. The van der Waals surface area contributed by atoms with E-state index in [0.717, 1.165) is 34.1 Å². The molecule has 48 heavy (non-hydrogen) atoms. The number of esters is 1. The van der Waals surface area contributed by atoms with E-state index >= 15 is 0 Å². The summed E-state index contributed by atoms with van der Waals surface area (Å²) in [5.74, 6) is -4.94. The zero-order valence-electron chi connectivity index (χ0n) is 27.3. The van der Waals surface area contributed by atoms with Gasteiger partial charge in [0.25, 0.3) is 23.6 Å². The molecule has 0 fully saturated rings. The number of imide groups is 2. The molecule has 1 aromatic rings. The molecule has 0 saturated heterocycles. The normalized spacial score (nSPS) is 15.5. The van der Waals surface area contributed by atoms with Gasteiger partial charge in [-0.3, -0.25) is 43.4 Å². The monoisotopic (exact) mass is 668 g/mol. The zero-order valence-corrected chi connectivity index (χ0v) is 27.3. The predicted molar refractivity (Wildman–Crippen MR) is 169 cm³/mol. The Morgan fingerprint density at radius 1 is 0.854 bits per heavy atom. The number of carboxylic acids is 1. The first kappa shape index (κ1) is 37.1. The summed E-state index contributed by atoms with van der Waals surface area (Å²) < 4.78 is 10.9. The summed E-state index contributed by atoms with van der Waals surface area (Å²) in [6.07, 6.45) is 4.12. The lowest BCUT2D eigenvalue weighted by Gasteiger charge is -2.25. The van der Waals surface area contributed by atoms with Crippen molar-refractivity contribution in [1.29, 1.82) is 0 Å². The Bertz CT molecular complexity index is 1490. The highest BCUT2D eigenvalue weighted by Gasteiger charge is 2.26. The van der Waals surface area contributed by atoms with Crippen molar-refractivity contribution in [3.63, 3.8) is 0 Å². The molecule has 3 N–H and O–H groups in total. The molecule has 15 heteroatoms. The lowest BCUT2D eigenvalue weighted by molar-refractivity contribution is -0.142. The minimum Gasteiger partial charge on any atom is -0.481 e. The van der Waals surface area contributed by atoms with Gasteiger partial charge in [0.15, 0.2) is 5.75 Å². The second-order valence-corrected chi connectivity index (χ2v) is 12.4. The first-order valence-electron chi connectivity index (χ1n) is 15.4. The van der Waals surface area contributed by atoms with Crippen molar-refractivity contribution in [2.24, 2.45) is 5.92 Å². The third-order valence-corrected chi connectivity index (χ3v) is 7.15. The van der Waals surface area contributed by atoms with Crippen LogP contribution < -0.4 is 15.4 Å². The number of rotatable bonds is 16. The Hall–Kier alpha value is -5.34. The van der Waals surface area contributed by atoms with E-state index in [4.69, 9.17) is 9.47 Å². The van der Waals surface area contributed by atoms with Crippen LogP contribution in [0, 0.1) is 5.92 Å². The summed E-state index contributed by atoms with van der Waals surface area (Å²) in [7, 11) is 0. The van der Waals surface area contributed by atoms with Gasteiger partial charge in [-0.25, -0.2) is 4.79 Å². The Kier molecular flexibility index (Phi) is 12.7. The van der Waals surface area contributed by atoms with Crippen LogP contribution in [0.1, 0.15) is 65.4 Å². The quantitative estimate of drug-likeness (QED) is 0.133. The summed E-state index contributed by atoms with van der Waals surface area (Å²) in [6, 6.07) is 3.88. The number of carbonyl (C=O) groups is 8. The zero-order chi connectivity index (χ0) is 35.6. The number of anilines is 1. The molecule has 0 spiro atoms. The number of carboxylic acid groups (broad SMARTS) is 1. The topological polar surface area (TPSA) is 206 Å². The van der Waals surface area contributed by atoms with E-state index < -0.39 is 65.1 Å². The van der Waals surface area contributed by atoms with Gasteiger partial charge in [-0.15, -0.1) is 0 Å². The summed E-state index contributed by atoms with van der Waals surface area (Å²) >= 11 is 0. The van der Waals surface area contributed by atoms with Crippen LogP contribution in [0.25, 0.3) is 0 Å². The molecule has 0 radical (unpaired) electrons. The van der Waals surface area contributed by atoms with Gasteiger partial charge in [-0.1, -0.05) is 13.0 Å². The van der Waals surface area contributed by atoms with Crippen molar-refractivity contribution in [3.8, 4) is 5.75 Å². The van der Waals surface area contributed by atoms with Crippen molar-refractivity contribution < 1.29 is 52.9 Å². The van der Waals surface area contributed by atoms with Crippen LogP contribution in [0.2, 0.25) is 0 Å². The van der Waals surface area contributed by atoms with Crippen LogP contribution in [-0.4, -0.2) is 87.2 Å². The first-order chi connectivity index (χ1) is 22.5. The second kappa shape index (κ2) is 16.5. The molecule has 0 bridgehead atoms. The standard InChI is InChI=1S/C33H40N4O11/c1-20(31(44)45)17-22(34-32(46)48-33(2,3)4)18-21-9-10-24(47-30(43)8-6-16-37-28(41)13-14-29(37)42)23(19-21)35-25(38)7-5-15-36-26(39)11-12-27(36)40/h9-14,19-20,22H,5-8,15-18H2,1-4H3,(H,34,46)(H,35,38)(H,44,45).